The Hall–Kier alpha value is -2.35. The minimum absolute atomic E-state index is 0.115. The van der Waals surface area contributed by atoms with E-state index in [9.17, 15) is 9.59 Å². The Balaban J connectivity index is 2.61. The van der Waals surface area contributed by atoms with Crippen molar-refractivity contribution in [1.82, 2.24) is 5.32 Å². The maximum Gasteiger partial charge on any atom is 0.227 e. The number of hydrogen-bond donors (Lipinski definition) is 1. The van der Waals surface area contributed by atoms with E-state index >= 15 is 0 Å². The van der Waals surface area contributed by atoms with Crippen molar-refractivity contribution in [3.8, 4) is 6.07 Å². The van der Waals surface area contributed by atoms with Crippen LogP contribution in [0.25, 0.3) is 0 Å². The van der Waals surface area contributed by atoms with Crippen LogP contribution in [0, 0.1) is 11.3 Å². The van der Waals surface area contributed by atoms with Gasteiger partial charge in [-0.2, -0.15) is 5.26 Å². The standard InChI is InChI=1S/C17H23N3O2/c1-3-14(2)19-16(21)10-11-17(22)20(13-7-12-18)15-8-5-4-6-9-15/h4-6,8-9,14H,3,7,10-11,13H2,1-2H3,(H,19,21)/t14-/m1/s1. The number of benzene rings is 1. The number of carbonyl (C=O) groups excluding carboxylic acids is 2. The summed E-state index contributed by atoms with van der Waals surface area (Å²) in [5.41, 5.74) is 0.755. The fourth-order valence-electron chi connectivity index (χ4n) is 1.97. The van der Waals surface area contributed by atoms with E-state index in [1.165, 1.54) is 0 Å². The lowest BCUT2D eigenvalue weighted by atomic mass is 10.2. The summed E-state index contributed by atoms with van der Waals surface area (Å²) in [6.07, 6.45) is 1.43. The van der Waals surface area contributed by atoms with E-state index in [-0.39, 0.29) is 37.1 Å². The van der Waals surface area contributed by atoms with Gasteiger partial charge in [-0.15, -0.1) is 0 Å². The average molecular weight is 301 g/mol. The number of anilines is 1. The minimum atomic E-state index is -0.138. The van der Waals surface area contributed by atoms with Crippen LogP contribution in [0.4, 0.5) is 5.69 Å². The third-order valence-electron chi connectivity index (χ3n) is 3.40. The van der Waals surface area contributed by atoms with Crippen molar-refractivity contribution in [2.24, 2.45) is 0 Å². The molecular formula is C17H23N3O2. The highest BCUT2D eigenvalue weighted by molar-refractivity contribution is 5.95. The lowest BCUT2D eigenvalue weighted by Crippen LogP contribution is -2.35. The summed E-state index contributed by atoms with van der Waals surface area (Å²) in [5.74, 6) is -0.253. The maximum absolute atomic E-state index is 12.3. The fourth-order valence-corrected chi connectivity index (χ4v) is 1.97. The molecule has 0 aliphatic heterocycles. The van der Waals surface area contributed by atoms with Crippen molar-refractivity contribution in [2.75, 3.05) is 11.4 Å². The molecule has 0 aliphatic rings. The molecule has 22 heavy (non-hydrogen) atoms. The van der Waals surface area contributed by atoms with E-state index in [0.29, 0.717) is 6.54 Å². The van der Waals surface area contributed by atoms with Gasteiger partial charge in [-0.25, -0.2) is 0 Å². The molecule has 2 amide bonds. The predicted molar refractivity (Wildman–Crippen MR) is 86.2 cm³/mol. The van der Waals surface area contributed by atoms with Crippen molar-refractivity contribution in [2.45, 2.75) is 45.6 Å². The molecule has 0 radical (unpaired) electrons. The van der Waals surface area contributed by atoms with Gasteiger partial charge in [-0.1, -0.05) is 25.1 Å². The third-order valence-corrected chi connectivity index (χ3v) is 3.40. The molecular weight excluding hydrogens is 278 g/mol. The second kappa shape index (κ2) is 9.56. The van der Waals surface area contributed by atoms with Crippen molar-refractivity contribution in [3.63, 3.8) is 0 Å². The molecule has 0 saturated heterocycles. The molecule has 1 aromatic carbocycles. The van der Waals surface area contributed by atoms with Gasteiger partial charge >= 0.3 is 0 Å². The van der Waals surface area contributed by atoms with E-state index in [2.05, 4.69) is 5.32 Å². The predicted octanol–water partition coefficient (Wildman–Crippen LogP) is 2.63. The number of nitriles is 1. The Labute approximate surface area is 131 Å². The second-order valence-electron chi connectivity index (χ2n) is 5.17. The van der Waals surface area contributed by atoms with Gasteiger partial charge in [0.05, 0.1) is 12.5 Å². The van der Waals surface area contributed by atoms with Crippen LogP contribution in [0.5, 0.6) is 0 Å². The maximum atomic E-state index is 12.3. The van der Waals surface area contributed by atoms with E-state index in [1.807, 2.05) is 50.2 Å². The van der Waals surface area contributed by atoms with Gasteiger partial charge in [0.2, 0.25) is 11.8 Å². The number of nitrogens with one attached hydrogen (secondary N) is 1. The van der Waals surface area contributed by atoms with Gasteiger partial charge in [0, 0.05) is 31.1 Å². The van der Waals surface area contributed by atoms with Crippen molar-refractivity contribution >= 4 is 17.5 Å². The third kappa shape index (κ3) is 5.96. The lowest BCUT2D eigenvalue weighted by molar-refractivity contribution is -0.125. The number of carbonyl (C=O) groups is 2. The number of para-hydroxylation sites is 1. The highest BCUT2D eigenvalue weighted by Gasteiger charge is 2.17. The van der Waals surface area contributed by atoms with Gasteiger partial charge < -0.3 is 10.2 Å². The van der Waals surface area contributed by atoms with Crippen molar-refractivity contribution < 1.29 is 9.59 Å². The van der Waals surface area contributed by atoms with Crippen LogP contribution in [-0.2, 0) is 9.59 Å². The molecule has 1 N–H and O–H groups in total. The van der Waals surface area contributed by atoms with Crippen LogP contribution < -0.4 is 10.2 Å². The Morgan fingerprint density at radius 3 is 2.55 bits per heavy atom. The first-order chi connectivity index (χ1) is 10.6. The molecule has 0 heterocycles. The highest BCUT2D eigenvalue weighted by Crippen LogP contribution is 2.15. The first-order valence-electron chi connectivity index (χ1n) is 7.60. The molecule has 0 aromatic heterocycles. The van der Waals surface area contributed by atoms with Crippen LogP contribution in [0.3, 0.4) is 0 Å². The normalized spacial score (nSPS) is 11.3. The SMILES string of the molecule is CC[C@@H](C)NC(=O)CCC(=O)N(CCC#N)c1ccccc1. The molecule has 0 fully saturated rings. The van der Waals surface area contributed by atoms with Gasteiger partial charge in [0.1, 0.15) is 0 Å². The molecule has 1 aromatic rings. The number of nitrogens with zero attached hydrogens (tertiary/aromatic N) is 2. The fraction of sp³-hybridized carbons (Fsp3) is 0.471. The Morgan fingerprint density at radius 1 is 1.27 bits per heavy atom. The van der Waals surface area contributed by atoms with Crippen molar-refractivity contribution in [3.05, 3.63) is 30.3 Å². The van der Waals surface area contributed by atoms with E-state index in [4.69, 9.17) is 5.26 Å². The van der Waals surface area contributed by atoms with Gasteiger partial charge in [0.15, 0.2) is 0 Å². The Morgan fingerprint density at radius 2 is 1.95 bits per heavy atom. The largest absolute Gasteiger partial charge is 0.354 e. The van der Waals surface area contributed by atoms with Crippen LogP contribution in [0.2, 0.25) is 0 Å². The number of rotatable bonds is 8. The van der Waals surface area contributed by atoms with Crippen molar-refractivity contribution in [1.29, 1.82) is 5.26 Å². The zero-order valence-electron chi connectivity index (χ0n) is 13.2. The smallest absolute Gasteiger partial charge is 0.227 e. The summed E-state index contributed by atoms with van der Waals surface area (Å²) in [4.78, 5) is 25.7. The van der Waals surface area contributed by atoms with Crippen LogP contribution in [0.1, 0.15) is 39.5 Å². The summed E-state index contributed by atoms with van der Waals surface area (Å²) in [5, 5.41) is 11.6. The Kier molecular flexibility index (Phi) is 7.69. The lowest BCUT2D eigenvalue weighted by Gasteiger charge is -2.22. The molecule has 0 unspecified atom stereocenters. The highest BCUT2D eigenvalue weighted by atomic mass is 16.2. The molecule has 0 spiro atoms. The zero-order chi connectivity index (χ0) is 16.4. The van der Waals surface area contributed by atoms with E-state index < -0.39 is 0 Å². The Bertz CT molecular complexity index is 522. The summed E-state index contributed by atoms with van der Waals surface area (Å²) >= 11 is 0. The van der Waals surface area contributed by atoms with E-state index in [0.717, 1.165) is 12.1 Å². The summed E-state index contributed by atoms with van der Waals surface area (Å²) in [6, 6.07) is 11.4. The first-order valence-corrected chi connectivity index (χ1v) is 7.60. The van der Waals surface area contributed by atoms with Gasteiger partial charge in [-0.05, 0) is 25.5 Å². The zero-order valence-corrected chi connectivity index (χ0v) is 13.2. The molecule has 0 saturated carbocycles. The summed E-state index contributed by atoms with van der Waals surface area (Å²) in [6.45, 7) is 4.27. The average Bonchev–Trinajstić information content (AvgIpc) is 2.54. The molecule has 1 atom stereocenters. The molecule has 0 bridgehead atoms. The van der Waals surface area contributed by atoms with Gasteiger partial charge in [0.25, 0.3) is 0 Å². The van der Waals surface area contributed by atoms with Crippen LogP contribution in [0.15, 0.2) is 30.3 Å². The minimum Gasteiger partial charge on any atom is -0.354 e. The summed E-state index contributed by atoms with van der Waals surface area (Å²) in [7, 11) is 0. The molecule has 1 rings (SSSR count). The topological polar surface area (TPSA) is 73.2 Å². The molecule has 0 aliphatic carbocycles. The number of hydrogen-bond acceptors (Lipinski definition) is 3. The molecule has 5 nitrogen and oxygen atoms in total. The van der Waals surface area contributed by atoms with Crippen LogP contribution >= 0.6 is 0 Å². The number of amides is 2. The van der Waals surface area contributed by atoms with E-state index in [1.54, 1.807) is 4.90 Å². The van der Waals surface area contributed by atoms with Gasteiger partial charge in [-0.3, -0.25) is 9.59 Å². The second-order valence-corrected chi connectivity index (χ2v) is 5.17. The van der Waals surface area contributed by atoms with Crippen LogP contribution in [-0.4, -0.2) is 24.4 Å². The quantitative estimate of drug-likeness (QED) is 0.802. The monoisotopic (exact) mass is 301 g/mol. The summed E-state index contributed by atoms with van der Waals surface area (Å²) < 4.78 is 0. The first kappa shape index (κ1) is 17.7. The molecule has 5 heteroatoms. The molecule has 118 valence electrons.